The first-order valence-electron chi connectivity index (χ1n) is 6.79. The van der Waals surface area contributed by atoms with Crippen LogP contribution >= 0.6 is 11.8 Å². The van der Waals surface area contributed by atoms with Gasteiger partial charge in [-0.15, -0.1) is 11.8 Å². The van der Waals surface area contributed by atoms with E-state index in [4.69, 9.17) is 0 Å². The highest BCUT2D eigenvalue weighted by atomic mass is 32.2. The van der Waals surface area contributed by atoms with Crippen molar-refractivity contribution < 1.29 is 4.79 Å². The Morgan fingerprint density at radius 1 is 1.05 bits per heavy atom. The van der Waals surface area contributed by atoms with E-state index in [2.05, 4.69) is 5.32 Å². The Labute approximate surface area is 130 Å². The van der Waals surface area contributed by atoms with Crippen LogP contribution in [0.5, 0.6) is 0 Å². The molecule has 0 spiro atoms. The maximum atomic E-state index is 12.1. The lowest BCUT2D eigenvalue weighted by molar-refractivity contribution is 0.104. The summed E-state index contributed by atoms with van der Waals surface area (Å²) in [7, 11) is 0. The average molecular weight is 297 g/mol. The van der Waals surface area contributed by atoms with Gasteiger partial charge in [-0.3, -0.25) is 4.79 Å². The Balaban J connectivity index is 1.99. The molecule has 2 rings (SSSR count). The largest absolute Gasteiger partial charge is 0.362 e. The van der Waals surface area contributed by atoms with E-state index in [-0.39, 0.29) is 5.78 Å². The van der Waals surface area contributed by atoms with Crippen LogP contribution in [0, 0.1) is 13.8 Å². The molecule has 0 saturated heterocycles. The highest BCUT2D eigenvalue weighted by Crippen LogP contribution is 2.17. The summed E-state index contributed by atoms with van der Waals surface area (Å²) in [5, 5.41) is 3.11. The van der Waals surface area contributed by atoms with Gasteiger partial charge in [-0.05, 0) is 61.6 Å². The average Bonchev–Trinajstić information content (AvgIpc) is 2.50. The van der Waals surface area contributed by atoms with Crippen LogP contribution < -0.4 is 5.32 Å². The van der Waals surface area contributed by atoms with Crippen LogP contribution in [0.3, 0.4) is 0 Å². The summed E-state index contributed by atoms with van der Waals surface area (Å²) in [5.74, 6) is 0.00586. The fourth-order valence-corrected chi connectivity index (χ4v) is 2.30. The van der Waals surface area contributed by atoms with Gasteiger partial charge in [0.05, 0.1) is 0 Å². The number of ketones is 1. The number of aryl methyl sites for hydroxylation is 2. The third kappa shape index (κ3) is 4.23. The second-order valence-corrected chi connectivity index (χ2v) is 5.75. The Morgan fingerprint density at radius 3 is 2.38 bits per heavy atom. The summed E-state index contributed by atoms with van der Waals surface area (Å²) < 4.78 is 0. The number of hydrogen-bond donors (Lipinski definition) is 1. The Kier molecular flexibility index (Phi) is 5.23. The van der Waals surface area contributed by atoms with Crippen LogP contribution in [-0.4, -0.2) is 12.0 Å². The molecular weight excluding hydrogens is 278 g/mol. The fraction of sp³-hybridized carbons (Fsp3) is 0.167. The molecule has 108 valence electrons. The molecule has 2 nitrogen and oxygen atoms in total. The van der Waals surface area contributed by atoms with Gasteiger partial charge in [0, 0.05) is 28.4 Å². The quantitative estimate of drug-likeness (QED) is 0.487. The number of benzene rings is 2. The predicted molar refractivity (Wildman–Crippen MR) is 91.2 cm³/mol. The van der Waals surface area contributed by atoms with Gasteiger partial charge in [-0.1, -0.05) is 12.1 Å². The maximum Gasteiger partial charge on any atom is 0.187 e. The van der Waals surface area contributed by atoms with Crippen LogP contribution in [0.1, 0.15) is 21.5 Å². The fourth-order valence-electron chi connectivity index (χ4n) is 1.89. The lowest BCUT2D eigenvalue weighted by Gasteiger charge is -2.03. The molecule has 0 bridgehead atoms. The van der Waals surface area contributed by atoms with Gasteiger partial charge in [0.1, 0.15) is 0 Å². The summed E-state index contributed by atoms with van der Waals surface area (Å²) in [4.78, 5) is 13.3. The molecule has 0 atom stereocenters. The molecule has 0 aliphatic rings. The van der Waals surface area contributed by atoms with Gasteiger partial charge >= 0.3 is 0 Å². The van der Waals surface area contributed by atoms with Crippen LogP contribution in [0.25, 0.3) is 0 Å². The number of hydrogen-bond acceptors (Lipinski definition) is 3. The zero-order chi connectivity index (χ0) is 15.2. The van der Waals surface area contributed by atoms with Crippen molar-refractivity contribution >= 4 is 23.2 Å². The van der Waals surface area contributed by atoms with E-state index in [1.165, 1.54) is 10.5 Å². The third-order valence-electron chi connectivity index (χ3n) is 3.37. The zero-order valence-corrected chi connectivity index (χ0v) is 13.3. The molecule has 0 amide bonds. The van der Waals surface area contributed by atoms with E-state index in [9.17, 15) is 4.79 Å². The molecule has 0 radical (unpaired) electrons. The molecule has 0 fully saturated rings. The molecule has 21 heavy (non-hydrogen) atoms. The van der Waals surface area contributed by atoms with Crippen LogP contribution in [0.2, 0.25) is 0 Å². The summed E-state index contributed by atoms with van der Waals surface area (Å²) >= 11 is 1.71. The van der Waals surface area contributed by atoms with Crippen LogP contribution in [0.4, 0.5) is 5.69 Å². The van der Waals surface area contributed by atoms with Gasteiger partial charge in [-0.2, -0.15) is 0 Å². The first-order valence-corrected chi connectivity index (χ1v) is 8.01. The molecule has 0 aliphatic heterocycles. The molecule has 1 N–H and O–H groups in total. The maximum absolute atomic E-state index is 12.1. The Bertz CT molecular complexity index is 659. The van der Waals surface area contributed by atoms with Crippen molar-refractivity contribution in [1.29, 1.82) is 0 Å². The number of carbonyl (C=O) groups excluding carboxylic acids is 1. The van der Waals surface area contributed by atoms with Gasteiger partial charge < -0.3 is 5.32 Å². The highest BCUT2D eigenvalue weighted by Gasteiger charge is 2.02. The number of anilines is 1. The molecule has 0 unspecified atom stereocenters. The number of allylic oxidation sites excluding steroid dienone is 1. The summed E-state index contributed by atoms with van der Waals surface area (Å²) in [6.45, 7) is 4.06. The van der Waals surface area contributed by atoms with Gasteiger partial charge in [-0.25, -0.2) is 0 Å². The van der Waals surface area contributed by atoms with Crippen molar-refractivity contribution in [3.63, 3.8) is 0 Å². The summed E-state index contributed by atoms with van der Waals surface area (Å²) in [6, 6.07) is 13.9. The molecule has 3 heteroatoms. The van der Waals surface area contributed by atoms with Gasteiger partial charge in [0.25, 0.3) is 0 Å². The van der Waals surface area contributed by atoms with E-state index >= 15 is 0 Å². The molecular formula is C18H19NOS. The molecule has 0 heterocycles. The second-order valence-electron chi connectivity index (χ2n) is 4.87. The Hall–Kier alpha value is -2.00. The normalized spacial score (nSPS) is 10.8. The van der Waals surface area contributed by atoms with Crippen molar-refractivity contribution in [3.05, 3.63) is 71.4 Å². The van der Waals surface area contributed by atoms with E-state index in [0.717, 1.165) is 11.3 Å². The van der Waals surface area contributed by atoms with E-state index < -0.39 is 0 Å². The monoisotopic (exact) mass is 297 g/mol. The van der Waals surface area contributed by atoms with Crippen molar-refractivity contribution in [3.8, 4) is 0 Å². The number of carbonyl (C=O) groups is 1. The lowest BCUT2D eigenvalue weighted by atomic mass is 10.0. The van der Waals surface area contributed by atoms with Crippen molar-refractivity contribution in [2.45, 2.75) is 18.7 Å². The van der Waals surface area contributed by atoms with Crippen molar-refractivity contribution in [1.82, 2.24) is 0 Å². The first kappa shape index (κ1) is 15.4. The van der Waals surface area contributed by atoms with Crippen LogP contribution in [0.15, 0.2) is 59.6 Å². The SMILES string of the molecule is CSc1ccc(NC=CC(=O)c2ccc(C)c(C)c2)cc1. The summed E-state index contributed by atoms with van der Waals surface area (Å²) in [5.41, 5.74) is 4.02. The van der Waals surface area contributed by atoms with Crippen molar-refractivity contribution in [2.24, 2.45) is 0 Å². The predicted octanol–water partition coefficient (Wildman–Crippen LogP) is 4.83. The van der Waals surface area contributed by atoms with E-state index in [1.54, 1.807) is 24.0 Å². The smallest absolute Gasteiger partial charge is 0.187 e. The lowest BCUT2D eigenvalue weighted by Crippen LogP contribution is -1.97. The second kappa shape index (κ2) is 7.14. The van der Waals surface area contributed by atoms with E-state index in [0.29, 0.717) is 5.56 Å². The number of rotatable bonds is 5. The molecule has 0 saturated carbocycles. The minimum Gasteiger partial charge on any atom is -0.362 e. The van der Waals surface area contributed by atoms with E-state index in [1.807, 2.05) is 62.6 Å². The molecule has 0 aromatic heterocycles. The zero-order valence-electron chi connectivity index (χ0n) is 12.5. The summed E-state index contributed by atoms with van der Waals surface area (Å²) in [6.07, 6.45) is 5.29. The Morgan fingerprint density at radius 2 is 1.76 bits per heavy atom. The minimum atomic E-state index is 0.00586. The van der Waals surface area contributed by atoms with Crippen LogP contribution in [-0.2, 0) is 0 Å². The molecule has 2 aromatic carbocycles. The molecule has 2 aromatic rings. The standard InChI is InChI=1S/C18H19NOS/c1-13-4-5-15(12-14(13)2)18(20)10-11-19-16-6-8-17(21-3)9-7-16/h4-12,19H,1-3H3. The number of thioether (sulfide) groups is 1. The minimum absolute atomic E-state index is 0.00586. The first-order chi connectivity index (χ1) is 10.1. The van der Waals surface area contributed by atoms with Gasteiger partial charge in [0.2, 0.25) is 0 Å². The number of nitrogens with one attached hydrogen (secondary N) is 1. The van der Waals surface area contributed by atoms with Crippen molar-refractivity contribution in [2.75, 3.05) is 11.6 Å². The topological polar surface area (TPSA) is 29.1 Å². The van der Waals surface area contributed by atoms with Gasteiger partial charge in [0.15, 0.2) is 5.78 Å². The molecule has 0 aliphatic carbocycles. The highest BCUT2D eigenvalue weighted by molar-refractivity contribution is 7.98. The third-order valence-corrected chi connectivity index (χ3v) is 4.11.